The van der Waals surface area contributed by atoms with Crippen LogP contribution < -0.4 is 5.32 Å². The van der Waals surface area contributed by atoms with Crippen molar-refractivity contribution in [3.05, 3.63) is 182 Å². The summed E-state index contributed by atoms with van der Waals surface area (Å²) in [7, 11) is 0. The molecule has 0 spiro atoms. The summed E-state index contributed by atoms with van der Waals surface area (Å²) in [4.78, 5) is 0. The molecule has 0 aliphatic carbocycles. The van der Waals surface area contributed by atoms with Crippen LogP contribution in [0, 0.1) is 0 Å². The van der Waals surface area contributed by atoms with Gasteiger partial charge in [-0.3, -0.25) is 0 Å². The minimum absolute atomic E-state index is 0.972. The molecule has 0 fully saturated rings. The fraction of sp³-hybridized carbons (Fsp3) is 0.0213. The highest BCUT2D eigenvalue weighted by molar-refractivity contribution is 6.19. The van der Waals surface area contributed by atoms with Crippen LogP contribution in [0.3, 0.4) is 0 Å². The first-order valence-electron chi connectivity index (χ1n) is 17.1. The van der Waals surface area contributed by atoms with Crippen molar-refractivity contribution in [1.82, 2.24) is 4.57 Å². The van der Waals surface area contributed by atoms with E-state index in [1.165, 1.54) is 93.2 Å². The van der Waals surface area contributed by atoms with Crippen LogP contribution in [0.1, 0.15) is 5.56 Å². The Morgan fingerprint density at radius 2 is 1.16 bits per heavy atom. The standard InChI is InChI=1S/C47H32N2/c1-2-12-38(13-3-1)49-46-30-34(31-23-25-48-26-24-31)18-21-43(46)44-22-19-37-28-33(17-20-40(37)47(44)49)32-10-8-11-35(27-32)45-29-36-9-4-5-14-39(36)41-15-6-7-16-42(41)45/h1-25,27-30,48H,26H2/p+1. The van der Waals surface area contributed by atoms with Gasteiger partial charge in [0.15, 0.2) is 0 Å². The van der Waals surface area contributed by atoms with E-state index < -0.39 is 0 Å². The molecule has 0 unspecified atom stereocenters. The zero-order chi connectivity index (χ0) is 32.3. The van der Waals surface area contributed by atoms with Gasteiger partial charge < -0.3 is 9.88 Å². The zero-order valence-electron chi connectivity index (χ0n) is 27.0. The number of hydrogen-bond donors (Lipinski definition) is 1. The predicted octanol–water partition coefficient (Wildman–Crippen LogP) is 11.1. The van der Waals surface area contributed by atoms with Gasteiger partial charge in [0.2, 0.25) is 0 Å². The summed E-state index contributed by atoms with van der Waals surface area (Å²) in [5.74, 6) is 0. The Balaban J connectivity index is 1.15. The van der Waals surface area contributed by atoms with Crippen molar-refractivity contribution in [3.63, 3.8) is 0 Å². The first-order chi connectivity index (χ1) is 24.3. The summed E-state index contributed by atoms with van der Waals surface area (Å²) in [6.07, 6.45) is 6.69. The van der Waals surface area contributed by atoms with Gasteiger partial charge in [0.05, 0.1) is 23.8 Å². The van der Waals surface area contributed by atoms with E-state index in [0.717, 1.165) is 6.54 Å². The Hall–Kier alpha value is -6.22. The second kappa shape index (κ2) is 11.2. The molecule has 49 heavy (non-hydrogen) atoms. The topological polar surface area (TPSA) is 21.5 Å². The number of nitrogens with zero attached hydrogens (tertiary/aromatic N) is 1. The molecule has 8 aromatic carbocycles. The minimum Gasteiger partial charge on any atom is -0.317 e. The quantitative estimate of drug-likeness (QED) is 0.188. The summed E-state index contributed by atoms with van der Waals surface area (Å²) < 4.78 is 2.46. The average molecular weight is 626 g/mol. The molecule has 2 N–H and O–H groups in total. The van der Waals surface area contributed by atoms with Gasteiger partial charge in [0.25, 0.3) is 0 Å². The lowest BCUT2D eigenvalue weighted by atomic mass is 9.91. The number of aromatic nitrogens is 1. The van der Waals surface area contributed by atoms with E-state index in [9.17, 15) is 0 Å². The number of allylic oxidation sites excluding steroid dienone is 2. The summed E-state index contributed by atoms with van der Waals surface area (Å²) >= 11 is 0. The summed E-state index contributed by atoms with van der Waals surface area (Å²) in [6, 6.07) is 58.2. The number of benzene rings is 8. The smallest absolute Gasteiger partial charge is 0.0993 e. The molecule has 0 atom stereocenters. The van der Waals surface area contributed by atoms with Crippen LogP contribution in [0.25, 0.3) is 87.6 Å². The summed E-state index contributed by atoms with van der Waals surface area (Å²) in [5, 5.41) is 12.4. The van der Waals surface area contributed by atoms with Crippen molar-refractivity contribution < 1.29 is 5.32 Å². The van der Waals surface area contributed by atoms with E-state index in [0.29, 0.717) is 0 Å². The number of fused-ring (bicyclic) bond motifs is 8. The number of hydrogen-bond acceptors (Lipinski definition) is 0. The highest BCUT2D eigenvalue weighted by Gasteiger charge is 2.17. The lowest BCUT2D eigenvalue weighted by Crippen LogP contribution is -2.78. The minimum atomic E-state index is 0.972. The van der Waals surface area contributed by atoms with Crippen LogP contribution in [-0.2, 0) is 0 Å². The van der Waals surface area contributed by atoms with Gasteiger partial charge in [-0.25, -0.2) is 0 Å². The molecule has 1 aliphatic rings. The molecule has 10 rings (SSSR count). The highest BCUT2D eigenvalue weighted by atomic mass is 15.0. The van der Waals surface area contributed by atoms with Crippen LogP contribution in [0.15, 0.2) is 176 Å². The zero-order valence-corrected chi connectivity index (χ0v) is 27.0. The maximum absolute atomic E-state index is 2.46. The van der Waals surface area contributed by atoms with Crippen LogP contribution in [0.4, 0.5) is 0 Å². The Morgan fingerprint density at radius 1 is 0.449 bits per heavy atom. The van der Waals surface area contributed by atoms with Crippen molar-refractivity contribution in [2.24, 2.45) is 0 Å². The first kappa shape index (κ1) is 27.9. The lowest BCUT2D eigenvalue weighted by Gasteiger charge is -2.13. The number of quaternary nitrogens is 1. The van der Waals surface area contributed by atoms with Crippen LogP contribution in [0.5, 0.6) is 0 Å². The maximum Gasteiger partial charge on any atom is 0.0993 e. The second-order valence-corrected chi connectivity index (χ2v) is 13.1. The van der Waals surface area contributed by atoms with Gasteiger partial charge in [-0.2, -0.15) is 0 Å². The molecule has 0 saturated heterocycles. The van der Waals surface area contributed by atoms with Gasteiger partial charge in [0.1, 0.15) is 0 Å². The molecule has 0 radical (unpaired) electrons. The monoisotopic (exact) mass is 625 g/mol. The second-order valence-electron chi connectivity index (χ2n) is 13.1. The molecule has 230 valence electrons. The van der Waals surface area contributed by atoms with E-state index in [1.54, 1.807) is 0 Å². The Kier molecular flexibility index (Phi) is 6.36. The van der Waals surface area contributed by atoms with Gasteiger partial charge >= 0.3 is 0 Å². The average Bonchev–Trinajstić information content (AvgIpc) is 3.52. The molecule has 2 heterocycles. The molecule has 1 aliphatic heterocycles. The number of rotatable bonds is 4. The maximum atomic E-state index is 2.46. The van der Waals surface area contributed by atoms with E-state index in [-0.39, 0.29) is 0 Å². The Labute approximate surface area is 284 Å². The van der Waals surface area contributed by atoms with E-state index in [1.807, 2.05) is 0 Å². The molecule has 2 heteroatoms. The third kappa shape index (κ3) is 4.53. The largest absolute Gasteiger partial charge is 0.317 e. The number of nitrogens with two attached hydrogens (primary N) is 1. The van der Waals surface area contributed by atoms with E-state index in [4.69, 9.17) is 0 Å². The fourth-order valence-corrected chi connectivity index (χ4v) is 7.93. The third-order valence-electron chi connectivity index (χ3n) is 10.3. The van der Waals surface area contributed by atoms with Crippen molar-refractivity contribution in [2.45, 2.75) is 0 Å². The van der Waals surface area contributed by atoms with Gasteiger partial charge in [-0.1, -0.05) is 121 Å². The molecular formula is C47H33N2+. The normalized spacial score (nSPS) is 13.2. The molecule has 1 aromatic heterocycles. The van der Waals surface area contributed by atoms with Crippen molar-refractivity contribution in [1.29, 1.82) is 0 Å². The molecule has 9 aromatic rings. The van der Waals surface area contributed by atoms with E-state index >= 15 is 0 Å². The van der Waals surface area contributed by atoms with Crippen molar-refractivity contribution in [3.8, 4) is 27.9 Å². The molecule has 0 amide bonds. The first-order valence-corrected chi connectivity index (χ1v) is 17.1. The highest BCUT2D eigenvalue weighted by Crippen LogP contribution is 2.40. The van der Waals surface area contributed by atoms with E-state index in [2.05, 4.69) is 186 Å². The molecular weight excluding hydrogens is 593 g/mol. The summed E-state index contributed by atoms with van der Waals surface area (Å²) in [6.45, 7) is 0.972. The van der Waals surface area contributed by atoms with Crippen LogP contribution >= 0.6 is 0 Å². The third-order valence-corrected chi connectivity index (χ3v) is 10.3. The van der Waals surface area contributed by atoms with Crippen LogP contribution in [0.2, 0.25) is 0 Å². The van der Waals surface area contributed by atoms with Crippen molar-refractivity contribution in [2.75, 3.05) is 6.54 Å². The molecule has 0 bridgehead atoms. The Bertz CT molecular complexity index is 2820. The van der Waals surface area contributed by atoms with Gasteiger partial charge in [-0.05, 0) is 109 Å². The van der Waals surface area contributed by atoms with Crippen LogP contribution in [-0.4, -0.2) is 11.1 Å². The predicted molar refractivity (Wildman–Crippen MR) is 208 cm³/mol. The number of para-hydroxylation sites is 1. The fourth-order valence-electron chi connectivity index (χ4n) is 7.93. The summed E-state index contributed by atoms with van der Waals surface area (Å²) in [5.41, 5.74) is 11.1. The van der Waals surface area contributed by atoms with Gasteiger partial charge in [-0.15, -0.1) is 0 Å². The Morgan fingerprint density at radius 3 is 2.04 bits per heavy atom. The molecule has 2 nitrogen and oxygen atoms in total. The SMILES string of the molecule is C1=CC(c2ccc3c4ccc5cc(-c6cccc(-c7cc8ccccc8c8ccccc78)c6)ccc5c4n(-c4ccccc4)c3c2)=CC[NH2+]1. The lowest BCUT2D eigenvalue weighted by molar-refractivity contribution is -0.578. The molecule has 0 saturated carbocycles. The van der Waals surface area contributed by atoms with Gasteiger partial charge in [0, 0.05) is 21.8 Å². The van der Waals surface area contributed by atoms with Crippen molar-refractivity contribution >= 4 is 59.7 Å².